The zero-order valence-electron chi connectivity index (χ0n) is 13.7. The Morgan fingerprint density at radius 3 is 2.71 bits per heavy atom. The average molecular weight is 339 g/mol. The van der Waals surface area contributed by atoms with Crippen molar-refractivity contribution < 1.29 is 4.79 Å². The molecule has 124 valence electrons. The van der Waals surface area contributed by atoms with Crippen LogP contribution >= 0.6 is 11.8 Å². The fourth-order valence-electron chi connectivity index (χ4n) is 3.63. The highest BCUT2D eigenvalue weighted by molar-refractivity contribution is 7.99. The number of carbonyl (C=O) groups is 1. The molecule has 2 saturated heterocycles. The summed E-state index contributed by atoms with van der Waals surface area (Å²) < 4.78 is 0. The minimum atomic E-state index is 0.0307. The van der Waals surface area contributed by atoms with E-state index >= 15 is 0 Å². The number of nitrogens with zero attached hydrogens (tertiary/aromatic N) is 1. The first-order chi connectivity index (χ1) is 11.7. The molecule has 0 aliphatic carbocycles. The second-order valence-electron chi connectivity index (χ2n) is 6.69. The molecule has 2 aromatic rings. The van der Waals surface area contributed by atoms with Gasteiger partial charge in [-0.05, 0) is 62.1 Å². The Morgan fingerprint density at radius 2 is 2.04 bits per heavy atom. The van der Waals surface area contributed by atoms with E-state index in [9.17, 15) is 4.79 Å². The van der Waals surface area contributed by atoms with Crippen molar-refractivity contribution in [1.29, 1.82) is 0 Å². The molecular formula is C19H21N3OS. The van der Waals surface area contributed by atoms with Gasteiger partial charge in [0.2, 0.25) is 0 Å². The summed E-state index contributed by atoms with van der Waals surface area (Å²) in [4.78, 5) is 18.9. The molecule has 1 aromatic carbocycles. The van der Waals surface area contributed by atoms with Gasteiger partial charge in [-0.3, -0.25) is 9.78 Å². The van der Waals surface area contributed by atoms with Gasteiger partial charge in [-0.15, -0.1) is 0 Å². The lowest BCUT2D eigenvalue weighted by Crippen LogP contribution is -2.42. The molecule has 3 atom stereocenters. The maximum Gasteiger partial charge on any atom is 0.251 e. The summed E-state index contributed by atoms with van der Waals surface area (Å²) in [5.74, 6) is 0.0307. The lowest BCUT2D eigenvalue weighted by Gasteiger charge is -2.21. The van der Waals surface area contributed by atoms with Crippen LogP contribution < -0.4 is 10.6 Å². The van der Waals surface area contributed by atoms with Crippen LogP contribution in [0.15, 0.2) is 52.5 Å². The fraction of sp³-hybridized carbons (Fsp3) is 0.368. The summed E-state index contributed by atoms with van der Waals surface area (Å²) in [6, 6.07) is 11.3. The number of nitrogens with one attached hydrogen (secondary N) is 2. The summed E-state index contributed by atoms with van der Waals surface area (Å²) in [6.07, 6.45) is 7.19. The molecular weight excluding hydrogens is 318 g/mol. The third-order valence-electron chi connectivity index (χ3n) is 4.82. The largest absolute Gasteiger partial charge is 0.348 e. The summed E-state index contributed by atoms with van der Waals surface area (Å²) >= 11 is 1.66. The molecule has 2 fully saturated rings. The predicted molar refractivity (Wildman–Crippen MR) is 95.4 cm³/mol. The number of aromatic nitrogens is 1. The Balaban J connectivity index is 1.39. The quantitative estimate of drug-likeness (QED) is 0.898. The highest BCUT2D eigenvalue weighted by Gasteiger charge is 2.39. The van der Waals surface area contributed by atoms with Crippen LogP contribution in [0.4, 0.5) is 0 Å². The molecule has 0 spiro atoms. The van der Waals surface area contributed by atoms with Crippen molar-refractivity contribution in [2.75, 3.05) is 0 Å². The molecule has 0 radical (unpaired) electrons. The van der Waals surface area contributed by atoms with Gasteiger partial charge in [-0.2, -0.15) is 0 Å². The van der Waals surface area contributed by atoms with E-state index in [1.54, 1.807) is 11.8 Å². The van der Waals surface area contributed by atoms with E-state index in [2.05, 4.69) is 21.7 Å². The molecule has 3 unspecified atom stereocenters. The van der Waals surface area contributed by atoms with Crippen molar-refractivity contribution in [2.24, 2.45) is 0 Å². The third kappa shape index (κ3) is 3.32. The maximum absolute atomic E-state index is 12.4. The highest BCUT2D eigenvalue weighted by atomic mass is 32.2. The number of pyridine rings is 1. The van der Waals surface area contributed by atoms with Crippen molar-refractivity contribution in [3.63, 3.8) is 0 Å². The molecule has 4 nitrogen and oxygen atoms in total. The lowest BCUT2D eigenvalue weighted by molar-refractivity contribution is 0.0931. The van der Waals surface area contributed by atoms with Crippen LogP contribution in [0, 0.1) is 6.92 Å². The second-order valence-corrected chi connectivity index (χ2v) is 7.83. The van der Waals surface area contributed by atoms with Crippen molar-refractivity contribution in [3.8, 4) is 0 Å². The molecule has 3 heterocycles. The zero-order valence-corrected chi connectivity index (χ0v) is 14.5. The summed E-state index contributed by atoms with van der Waals surface area (Å²) in [6.45, 7) is 2.04. The third-order valence-corrected chi connectivity index (χ3v) is 5.79. The molecule has 2 aliphatic heterocycles. The smallest absolute Gasteiger partial charge is 0.251 e. The van der Waals surface area contributed by atoms with Crippen LogP contribution in [0.3, 0.4) is 0 Å². The Bertz CT molecular complexity index is 747. The first kappa shape index (κ1) is 15.7. The van der Waals surface area contributed by atoms with E-state index in [0.717, 1.165) is 27.3 Å². The number of hydrogen-bond acceptors (Lipinski definition) is 4. The fourth-order valence-corrected chi connectivity index (χ4v) is 4.53. The summed E-state index contributed by atoms with van der Waals surface area (Å²) in [5.41, 5.74) is 1.87. The Hall–Kier alpha value is -1.85. The van der Waals surface area contributed by atoms with Gasteiger partial charge in [-0.1, -0.05) is 11.8 Å². The number of benzene rings is 1. The standard InChI is InChI=1S/C19H21N3OS/c1-12-8-16(11-20-10-12)24-15-5-2-13(3-6-15)19(23)22-18-9-14-4-7-17(18)21-14/h2-3,5-6,8,10-11,14,17-18,21H,4,7,9H2,1H3,(H,22,23). The SMILES string of the molecule is Cc1cncc(Sc2ccc(C(=O)NC3CC4CCC3N4)cc2)c1. The van der Waals surface area contributed by atoms with Gasteiger partial charge in [0.25, 0.3) is 5.91 Å². The van der Waals surface area contributed by atoms with Crippen molar-refractivity contribution in [1.82, 2.24) is 15.6 Å². The normalized spacial score (nSPS) is 25.0. The summed E-state index contributed by atoms with van der Waals surface area (Å²) in [5, 5.41) is 6.74. The Labute approximate surface area is 146 Å². The molecule has 4 rings (SSSR count). The van der Waals surface area contributed by atoms with E-state index < -0.39 is 0 Å². The number of fused-ring (bicyclic) bond motifs is 2. The van der Waals surface area contributed by atoms with Gasteiger partial charge < -0.3 is 10.6 Å². The molecule has 1 aromatic heterocycles. The molecule has 2 N–H and O–H groups in total. The van der Waals surface area contributed by atoms with Gasteiger partial charge in [0.1, 0.15) is 0 Å². The first-order valence-corrected chi connectivity index (χ1v) is 9.25. The van der Waals surface area contributed by atoms with Gasteiger partial charge in [0, 0.05) is 45.9 Å². The number of carbonyl (C=O) groups excluding carboxylic acids is 1. The van der Waals surface area contributed by atoms with E-state index in [1.165, 1.54) is 12.8 Å². The molecule has 2 aliphatic rings. The van der Waals surface area contributed by atoms with Crippen molar-refractivity contribution >= 4 is 17.7 Å². The number of hydrogen-bond donors (Lipinski definition) is 2. The second kappa shape index (κ2) is 6.57. The zero-order chi connectivity index (χ0) is 16.5. The van der Waals surface area contributed by atoms with Gasteiger partial charge in [0.05, 0.1) is 0 Å². The van der Waals surface area contributed by atoms with E-state index in [4.69, 9.17) is 0 Å². The Kier molecular flexibility index (Phi) is 4.29. The molecule has 24 heavy (non-hydrogen) atoms. The van der Waals surface area contributed by atoms with Crippen molar-refractivity contribution in [2.45, 2.75) is 54.1 Å². The number of aryl methyl sites for hydroxylation is 1. The number of amides is 1. The van der Waals surface area contributed by atoms with Crippen LogP contribution in [0.5, 0.6) is 0 Å². The summed E-state index contributed by atoms with van der Waals surface area (Å²) in [7, 11) is 0. The van der Waals surface area contributed by atoms with Crippen LogP contribution in [-0.4, -0.2) is 29.0 Å². The predicted octanol–water partition coefficient (Wildman–Crippen LogP) is 3.16. The minimum absolute atomic E-state index is 0.0307. The molecule has 5 heteroatoms. The molecule has 1 amide bonds. The minimum Gasteiger partial charge on any atom is -0.348 e. The van der Waals surface area contributed by atoms with E-state index in [-0.39, 0.29) is 11.9 Å². The van der Waals surface area contributed by atoms with Crippen LogP contribution in [0.25, 0.3) is 0 Å². The number of rotatable bonds is 4. The van der Waals surface area contributed by atoms with Crippen LogP contribution in [0.1, 0.15) is 35.2 Å². The van der Waals surface area contributed by atoms with Gasteiger partial charge in [0.15, 0.2) is 0 Å². The Morgan fingerprint density at radius 1 is 1.21 bits per heavy atom. The molecule has 0 saturated carbocycles. The van der Waals surface area contributed by atoms with Crippen LogP contribution in [-0.2, 0) is 0 Å². The van der Waals surface area contributed by atoms with E-state index in [1.807, 2.05) is 43.6 Å². The maximum atomic E-state index is 12.4. The van der Waals surface area contributed by atoms with E-state index in [0.29, 0.717) is 12.1 Å². The average Bonchev–Trinajstić information content (AvgIpc) is 3.18. The van der Waals surface area contributed by atoms with Gasteiger partial charge >= 0.3 is 0 Å². The molecule has 2 bridgehead atoms. The van der Waals surface area contributed by atoms with Crippen molar-refractivity contribution in [3.05, 3.63) is 53.9 Å². The lowest BCUT2D eigenvalue weighted by atomic mass is 9.95. The van der Waals surface area contributed by atoms with Gasteiger partial charge in [-0.25, -0.2) is 0 Å². The highest BCUT2D eigenvalue weighted by Crippen LogP contribution is 2.29. The van der Waals surface area contributed by atoms with Crippen LogP contribution in [0.2, 0.25) is 0 Å². The first-order valence-electron chi connectivity index (χ1n) is 8.44. The topological polar surface area (TPSA) is 54.0 Å². The monoisotopic (exact) mass is 339 g/mol.